The molecule has 1 aromatic carbocycles. The van der Waals surface area contributed by atoms with Crippen molar-refractivity contribution in [2.75, 3.05) is 11.9 Å². The van der Waals surface area contributed by atoms with E-state index in [1.807, 2.05) is 13.8 Å². The fourth-order valence-electron chi connectivity index (χ4n) is 1.67. The van der Waals surface area contributed by atoms with Crippen molar-refractivity contribution in [2.24, 2.45) is 0 Å². The van der Waals surface area contributed by atoms with Gasteiger partial charge in [0, 0.05) is 12.7 Å². The van der Waals surface area contributed by atoms with Crippen LogP contribution in [0.5, 0.6) is 5.75 Å². The van der Waals surface area contributed by atoms with E-state index in [-0.39, 0.29) is 17.6 Å². The van der Waals surface area contributed by atoms with E-state index in [1.54, 1.807) is 31.3 Å². The first-order chi connectivity index (χ1) is 9.00. The largest absolute Gasteiger partial charge is 0.508 e. The van der Waals surface area contributed by atoms with Crippen LogP contribution in [0.15, 0.2) is 24.3 Å². The van der Waals surface area contributed by atoms with Crippen molar-refractivity contribution in [1.82, 2.24) is 9.59 Å². The Morgan fingerprint density at radius 1 is 1.32 bits per heavy atom. The Kier molecular flexibility index (Phi) is 3.80. The van der Waals surface area contributed by atoms with Gasteiger partial charge < -0.3 is 10.0 Å². The van der Waals surface area contributed by atoms with E-state index in [0.717, 1.165) is 17.2 Å². The zero-order chi connectivity index (χ0) is 14.0. The molecule has 100 valence electrons. The lowest BCUT2D eigenvalue weighted by molar-refractivity contribution is 0.0995. The highest BCUT2D eigenvalue weighted by Crippen LogP contribution is 2.24. The number of nitrogens with zero attached hydrogens (tertiary/aromatic N) is 3. The van der Waals surface area contributed by atoms with Crippen molar-refractivity contribution >= 4 is 23.1 Å². The standard InChI is InChI=1S/C13H15N3O2S/c1-8(2)11-12(19-15-14-11)13(18)16(3)9-4-6-10(17)7-5-9/h4-8,17H,1-3H3. The third-order valence-electron chi connectivity index (χ3n) is 2.80. The van der Waals surface area contributed by atoms with Gasteiger partial charge >= 0.3 is 0 Å². The number of anilines is 1. The lowest BCUT2D eigenvalue weighted by Crippen LogP contribution is -2.26. The van der Waals surface area contributed by atoms with Gasteiger partial charge in [0.05, 0.1) is 5.69 Å². The molecular formula is C13H15N3O2S. The minimum atomic E-state index is -0.135. The van der Waals surface area contributed by atoms with E-state index in [4.69, 9.17) is 0 Å². The fourth-order valence-corrected chi connectivity index (χ4v) is 2.46. The maximum atomic E-state index is 12.4. The molecule has 0 spiro atoms. The van der Waals surface area contributed by atoms with Gasteiger partial charge in [0.1, 0.15) is 10.6 Å². The van der Waals surface area contributed by atoms with Gasteiger partial charge in [-0.25, -0.2) is 0 Å². The van der Waals surface area contributed by atoms with Crippen LogP contribution >= 0.6 is 11.5 Å². The molecule has 6 heteroatoms. The number of aromatic hydroxyl groups is 1. The summed E-state index contributed by atoms with van der Waals surface area (Å²) in [5.74, 6) is 0.197. The Labute approximate surface area is 115 Å². The van der Waals surface area contributed by atoms with Gasteiger partial charge in [-0.15, -0.1) is 5.10 Å². The van der Waals surface area contributed by atoms with E-state index in [1.165, 1.54) is 4.90 Å². The van der Waals surface area contributed by atoms with Gasteiger partial charge in [0.15, 0.2) is 0 Å². The van der Waals surface area contributed by atoms with Crippen LogP contribution in [-0.4, -0.2) is 27.6 Å². The number of benzene rings is 1. The number of carbonyl (C=O) groups excluding carboxylic acids is 1. The maximum absolute atomic E-state index is 12.4. The van der Waals surface area contributed by atoms with E-state index in [0.29, 0.717) is 10.6 Å². The van der Waals surface area contributed by atoms with Gasteiger partial charge in [-0.05, 0) is 41.7 Å². The van der Waals surface area contributed by atoms with Crippen LogP contribution < -0.4 is 4.90 Å². The Morgan fingerprint density at radius 3 is 2.53 bits per heavy atom. The number of phenolic OH excluding ortho intramolecular Hbond substituents is 1. The summed E-state index contributed by atoms with van der Waals surface area (Å²) in [6, 6.07) is 6.48. The molecule has 0 saturated carbocycles. The summed E-state index contributed by atoms with van der Waals surface area (Å²) >= 11 is 1.11. The smallest absolute Gasteiger partial charge is 0.271 e. The Hall–Kier alpha value is -1.95. The molecular weight excluding hydrogens is 262 g/mol. The highest BCUT2D eigenvalue weighted by Gasteiger charge is 2.22. The first-order valence-electron chi connectivity index (χ1n) is 5.90. The molecule has 0 saturated heterocycles. The summed E-state index contributed by atoms with van der Waals surface area (Å²) in [6.07, 6.45) is 0. The monoisotopic (exact) mass is 277 g/mol. The predicted octanol–water partition coefficient (Wildman–Crippen LogP) is 2.64. The molecule has 0 aliphatic rings. The van der Waals surface area contributed by atoms with Crippen molar-refractivity contribution in [3.8, 4) is 5.75 Å². The van der Waals surface area contributed by atoms with Crippen LogP contribution in [0.25, 0.3) is 0 Å². The molecule has 19 heavy (non-hydrogen) atoms. The van der Waals surface area contributed by atoms with E-state index in [2.05, 4.69) is 9.59 Å². The van der Waals surface area contributed by atoms with Gasteiger partial charge in [-0.2, -0.15) is 0 Å². The Balaban J connectivity index is 2.28. The average Bonchev–Trinajstić information content (AvgIpc) is 2.87. The quantitative estimate of drug-likeness (QED) is 0.936. The second-order valence-corrected chi connectivity index (χ2v) is 5.28. The highest BCUT2D eigenvalue weighted by atomic mass is 32.1. The van der Waals surface area contributed by atoms with Gasteiger partial charge in [-0.3, -0.25) is 4.79 Å². The van der Waals surface area contributed by atoms with Crippen LogP contribution in [0.1, 0.15) is 35.1 Å². The van der Waals surface area contributed by atoms with Crippen molar-refractivity contribution < 1.29 is 9.90 Å². The number of phenols is 1. The summed E-state index contributed by atoms with van der Waals surface area (Å²) in [6.45, 7) is 3.96. The summed E-state index contributed by atoms with van der Waals surface area (Å²) < 4.78 is 3.86. The van der Waals surface area contributed by atoms with Crippen molar-refractivity contribution in [3.05, 3.63) is 34.8 Å². The molecule has 1 aromatic heterocycles. The summed E-state index contributed by atoms with van der Waals surface area (Å²) in [5, 5.41) is 13.3. The number of aromatic nitrogens is 2. The van der Waals surface area contributed by atoms with Crippen molar-refractivity contribution in [2.45, 2.75) is 19.8 Å². The molecule has 0 atom stereocenters. The van der Waals surface area contributed by atoms with Gasteiger partial charge in [0.2, 0.25) is 0 Å². The molecule has 1 N–H and O–H groups in total. The van der Waals surface area contributed by atoms with Crippen LogP contribution in [0, 0.1) is 0 Å². The van der Waals surface area contributed by atoms with Crippen LogP contribution in [0.2, 0.25) is 0 Å². The lowest BCUT2D eigenvalue weighted by atomic mass is 10.1. The molecule has 0 fully saturated rings. The number of amides is 1. The molecule has 1 heterocycles. The first-order valence-corrected chi connectivity index (χ1v) is 6.67. The second kappa shape index (κ2) is 5.36. The Bertz CT molecular complexity index is 578. The van der Waals surface area contributed by atoms with E-state index < -0.39 is 0 Å². The molecule has 2 rings (SSSR count). The topological polar surface area (TPSA) is 66.3 Å². The maximum Gasteiger partial charge on any atom is 0.271 e. The number of rotatable bonds is 3. The summed E-state index contributed by atoms with van der Waals surface area (Å²) in [4.78, 5) is 14.5. The SMILES string of the molecule is CC(C)c1nnsc1C(=O)N(C)c1ccc(O)cc1. The van der Waals surface area contributed by atoms with E-state index in [9.17, 15) is 9.90 Å². The lowest BCUT2D eigenvalue weighted by Gasteiger charge is -2.17. The average molecular weight is 277 g/mol. The minimum Gasteiger partial charge on any atom is -0.508 e. The third kappa shape index (κ3) is 2.73. The normalized spacial score (nSPS) is 10.7. The molecule has 0 bridgehead atoms. The molecule has 0 unspecified atom stereocenters. The zero-order valence-electron chi connectivity index (χ0n) is 11.0. The van der Waals surface area contributed by atoms with Crippen molar-refractivity contribution in [1.29, 1.82) is 0 Å². The zero-order valence-corrected chi connectivity index (χ0v) is 11.8. The molecule has 2 aromatic rings. The Morgan fingerprint density at radius 2 is 1.95 bits per heavy atom. The minimum absolute atomic E-state index is 0.135. The van der Waals surface area contributed by atoms with Crippen LogP contribution in [-0.2, 0) is 0 Å². The van der Waals surface area contributed by atoms with E-state index >= 15 is 0 Å². The van der Waals surface area contributed by atoms with Crippen LogP contribution in [0.3, 0.4) is 0 Å². The van der Waals surface area contributed by atoms with Gasteiger partial charge in [-0.1, -0.05) is 18.3 Å². The fraction of sp³-hybridized carbons (Fsp3) is 0.308. The number of hydrogen-bond acceptors (Lipinski definition) is 5. The highest BCUT2D eigenvalue weighted by molar-refractivity contribution is 7.08. The van der Waals surface area contributed by atoms with Gasteiger partial charge in [0.25, 0.3) is 5.91 Å². The third-order valence-corrected chi connectivity index (χ3v) is 3.53. The summed E-state index contributed by atoms with van der Waals surface area (Å²) in [7, 11) is 1.69. The molecule has 5 nitrogen and oxygen atoms in total. The predicted molar refractivity (Wildman–Crippen MR) is 74.8 cm³/mol. The molecule has 0 aliphatic carbocycles. The second-order valence-electron chi connectivity index (χ2n) is 4.52. The molecule has 0 radical (unpaired) electrons. The number of hydrogen-bond donors (Lipinski definition) is 1. The van der Waals surface area contributed by atoms with Crippen molar-refractivity contribution in [3.63, 3.8) is 0 Å². The summed E-state index contributed by atoms with van der Waals surface area (Å²) in [5.41, 5.74) is 1.44. The van der Waals surface area contributed by atoms with Crippen LogP contribution in [0.4, 0.5) is 5.69 Å². The first kappa shape index (κ1) is 13.5. The number of carbonyl (C=O) groups is 1. The molecule has 0 aliphatic heterocycles. The molecule has 1 amide bonds.